The van der Waals surface area contributed by atoms with E-state index in [1.54, 1.807) is 7.11 Å². The van der Waals surface area contributed by atoms with Crippen LogP contribution in [0.1, 0.15) is 12.8 Å². The van der Waals surface area contributed by atoms with Crippen molar-refractivity contribution in [1.82, 2.24) is 10.3 Å². The first-order chi connectivity index (χ1) is 5.74. The number of hydrazine groups is 1. The summed E-state index contributed by atoms with van der Waals surface area (Å²) in [4.78, 5) is 0. The number of piperazine rings is 1. The zero-order valence-corrected chi connectivity index (χ0v) is 7.55. The Hall–Kier alpha value is -0.160. The lowest BCUT2D eigenvalue weighted by atomic mass is 9.99. The van der Waals surface area contributed by atoms with Gasteiger partial charge in [0.25, 0.3) is 0 Å². The van der Waals surface area contributed by atoms with Crippen LogP contribution < -0.4 is 11.2 Å². The van der Waals surface area contributed by atoms with Gasteiger partial charge in [0.1, 0.15) is 0 Å². The molecule has 3 N–H and O–H groups in total. The van der Waals surface area contributed by atoms with Crippen molar-refractivity contribution < 1.29 is 4.74 Å². The van der Waals surface area contributed by atoms with Crippen molar-refractivity contribution in [2.75, 3.05) is 26.8 Å². The molecule has 2 heterocycles. The van der Waals surface area contributed by atoms with Crippen LogP contribution in [0.4, 0.5) is 0 Å². The zero-order valence-electron chi connectivity index (χ0n) is 7.55. The van der Waals surface area contributed by atoms with Gasteiger partial charge in [-0.25, -0.2) is 5.01 Å². The van der Waals surface area contributed by atoms with Crippen LogP contribution in [0.3, 0.4) is 0 Å². The summed E-state index contributed by atoms with van der Waals surface area (Å²) in [6.45, 7) is 2.67. The fourth-order valence-corrected chi connectivity index (χ4v) is 2.46. The highest BCUT2D eigenvalue weighted by Gasteiger charge is 2.43. The number of nitrogens with one attached hydrogen (secondary N) is 1. The number of hydrogen-bond acceptors (Lipinski definition) is 4. The predicted octanol–water partition coefficient (Wildman–Crippen LogP) is -0.687. The van der Waals surface area contributed by atoms with Crippen LogP contribution >= 0.6 is 0 Å². The molecule has 0 aromatic rings. The Morgan fingerprint density at radius 1 is 1.75 bits per heavy atom. The lowest BCUT2D eigenvalue weighted by Gasteiger charge is -2.38. The van der Waals surface area contributed by atoms with E-state index in [4.69, 9.17) is 10.6 Å². The highest BCUT2D eigenvalue weighted by Crippen LogP contribution is 2.28. The second-order valence-corrected chi connectivity index (χ2v) is 4.02. The third-order valence-electron chi connectivity index (χ3n) is 2.86. The molecule has 0 aliphatic carbocycles. The Bertz CT molecular complexity index is 172. The number of nitrogens with two attached hydrogens (primary N) is 1. The SMILES string of the molecule is COC[C@]12CC[C@H](CN(N)C1)N2. The maximum Gasteiger partial charge on any atom is 0.0657 e. The fraction of sp³-hybridized carbons (Fsp3) is 1.00. The summed E-state index contributed by atoms with van der Waals surface area (Å²) in [6, 6.07) is 0.582. The Morgan fingerprint density at radius 2 is 2.58 bits per heavy atom. The van der Waals surface area contributed by atoms with E-state index in [1.807, 2.05) is 5.01 Å². The molecule has 2 rings (SSSR count). The molecule has 0 aromatic carbocycles. The molecule has 2 aliphatic heterocycles. The van der Waals surface area contributed by atoms with Gasteiger partial charge in [-0.15, -0.1) is 0 Å². The van der Waals surface area contributed by atoms with Crippen LogP contribution in [0.2, 0.25) is 0 Å². The van der Waals surface area contributed by atoms with Crippen molar-refractivity contribution in [3.63, 3.8) is 0 Å². The lowest BCUT2D eigenvalue weighted by Crippen LogP contribution is -2.63. The van der Waals surface area contributed by atoms with Crippen LogP contribution in [0, 0.1) is 0 Å². The summed E-state index contributed by atoms with van der Waals surface area (Å²) in [5, 5.41) is 5.50. The van der Waals surface area contributed by atoms with Gasteiger partial charge in [-0.05, 0) is 12.8 Å². The fourth-order valence-electron chi connectivity index (χ4n) is 2.46. The third-order valence-corrected chi connectivity index (χ3v) is 2.86. The van der Waals surface area contributed by atoms with Crippen LogP contribution in [-0.4, -0.2) is 43.4 Å². The molecule has 2 atom stereocenters. The molecule has 2 bridgehead atoms. The molecule has 4 nitrogen and oxygen atoms in total. The zero-order chi connectivity index (χ0) is 8.60. The van der Waals surface area contributed by atoms with E-state index in [0.717, 1.165) is 19.7 Å². The Morgan fingerprint density at radius 3 is 3.33 bits per heavy atom. The molecule has 0 saturated carbocycles. The second kappa shape index (κ2) is 2.96. The number of fused-ring (bicyclic) bond motifs is 2. The van der Waals surface area contributed by atoms with Crippen molar-refractivity contribution in [3.8, 4) is 0 Å². The highest BCUT2D eigenvalue weighted by molar-refractivity contribution is 5.03. The first-order valence-electron chi connectivity index (χ1n) is 4.50. The maximum atomic E-state index is 5.81. The normalized spacial score (nSPS) is 42.0. The van der Waals surface area contributed by atoms with Crippen molar-refractivity contribution in [2.45, 2.75) is 24.4 Å². The van der Waals surface area contributed by atoms with Gasteiger partial charge < -0.3 is 10.1 Å². The molecule has 0 spiro atoms. The predicted molar refractivity (Wildman–Crippen MR) is 46.5 cm³/mol. The largest absolute Gasteiger partial charge is 0.383 e. The van der Waals surface area contributed by atoms with E-state index in [9.17, 15) is 0 Å². The van der Waals surface area contributed by atoms with Crippen LogP contribution in [-0.2, 0) is 4.74 Å². The van der Waals surface area contributed by atoms with Gasteiger partial charge in [-0.2, -0.15) is 0 Å². The third kappa shape index (κ3) is 1.35. The maximum absolute atomic E-state index is 5.81. The molecule has 70 valence electrons. The summed E-state index contributed by atoms with van der Waals surface area (Å²) in [7, 11) is 1.75. The second-order valence-electron chi connectivity index (χ2n) is 4.02. The molecule has 0 amide bonds. The average molecular weight is 171 g/mol. The van der Waals surface area contributed by atoms with E-state index in [0.29, 0.717) is 6.04 Å². The summed E-state index contributed by atoms with van der Waals surface area (Å²) in [5.41, 5.74) is 0.145. The number of rotatable bonds is 2. The monoisotopic (exact) mass is 171 g/mol. The minimum absolute atomic E-state index is 0.145. The number of methoxy groups -OCH3 is 1. The molecule has 0 unspecified atom stereocenters. The van der Waals surface area contributed by atoms with Crippen molar-refractivity contribution in [1.29, 1.82) is 0 Å². The van der Waals surface area contributed by atoms with Crippen molar-refractivity contribution >= 4 is 0 Å². The Balaban J connectivity index is 2.05. The minimum atomic E-state index is 0.145. The van der Waals surface area contributed by atoms with Gasteiger partial charge >= 0.3 is 0 Å². The lowest BCUT2D eigenvalue weighted by molar-refractivity contribution is 0.0614. The summed E-state index contributed by atoms with van der Waals surface area (Å²) >= 11 is 0. The molecule has 2 saturated heterocycles. The van der Waals surface area contributed by atoms with E-state index in [2.05, 4.69) is 5.32 Å². The van der Waals surface area contributed by atoms with E-state index in [-0.39, 0.29) is 5.54 Å². The quantitative estimate of drug-likeness (QED) is 0.540. The average Bonchev–Trinajstić information content (AvgIpc) is 2.27. The molecular formula is C8H17N3O. The Labute approximate surface area is 73.0 Å². The molecular weight excluding hydrogens is 154 g/mol. The summed E-state index contributed by atoms with van der Waals surface area (Å²) in [5.74, 6) is 5.81. The molecule has 2 fully saturated rings. The van der Waals surface area contributed by atoms with Crippen LogP contribution in [0.15, 0.2) is 0 Å². The van der Waals surface area contributed by atoms with Crippen LogP contribution in [0.25, 0.3) is 0 Å². The van der Waals surface area contributed by atoms with Gasteiger partial charge in [0.05, 0.1) is 12.1 Å². The standard InChI is InChI=1S/C8H17N3O/c1-12-6-8-3-2-7(10-8)4-11(9)5-8/h7,10H,2-6,9H2,1H3/t7-,8+/m1/s1. The number of ether oxygens (including phenoxy) is 1. The van der Waals surface area contributed by atoms with Crippen molar-refractivity contribution in [2.24, 2.45) is 5.84 Å². The van der Waals surface area contributed by atoms with Gasteiger partial charge in [0.15, 0.2) is 0 Å². The molecule has 0 aromatic heterocycles. The number of nitrogens with zero attached hydrogens (tertiary/aromatic N) is 1. The van der Waals surface area contributed by atoms with Crippen LogP contribution in [0.5, 0.6) is 0 Å². The van der Waals surface area contributed by atoms with E-state index in [1.165, 1.54) is 12.8 Å². The molecule has 2 aliphatic rings. The molecule has 0 radical (unpaired) electrons. The summed E-state index contributed by atoms with van der Waals surface area (Å²) < 4.78 is 5.21. The Kier molecular flexibility index (Phi) is 2.08. The smallest absolute Gasteiger partial charge is 0.0657 e. The number of hydrogen-bond donors (Lipinski definition) is 2. The van der Waals surface area contributed by atoms with Gasteiger partial charge in [0, 0.05) is 26.2 Å². The first kappa shape index (κ1) is 8.44. The van der Waals surface area contributed by atoms with Gasteiger partial charge in [-0.1, -0.05) is 0 Å². The minimum Gasteiger partial charge on any atom is -0.383 e. The van der Waals surface area contributed by atoms with Gasteiger partial charge in [-0.3, -0.25) is 5.84 Å². The van der Waals surface area contributed by atoms with E-state index < -0.39 is 0 Å². The van der Waals surface area contributed by atoms with Crippen molar-refractivity contribution in [3.05, 3.63) is 0 Å². The first-order valence-corrected chi connectivity index (χ1v) is 4.50. The highest BCUT2D eigenvalue weighted by atomic mass is 16.5. The molecule has 4 heteroatoms. The molecule has 12 heavy (non-hydrogen) atoms. The van der Waals surface area contributed by atoms with E-state index >= 15 is 0 Å². The van der Waals surface area contributed by atoms with Gasteiger partial charge in [0.2, 0.25) is 0 Å². The topological polar surface area (TPSA) is 50.5 Å². The summed E-state index contributed by atoms with van der Waals surface area (Å²) in [6.07, 6.45) is 2.43.